The van der Waals surface area contributed by atoms with Gasteiger partial charge in [0.1, 0.15) is 0 Å². The maximum absolute atomic E-state index is 10.9. The minimum atomic E-state index is -1.26. The molecule has 7 heteroatoms. The van der Waals surface area contributed by atoms with Crippen molar-refractivity contribution in [3.05, 3.63) is 11.8 Å². The first-order chi connectivity index (χ1) is 7.45. The predicted molar refractivity (Wildman–Crippen MR) is 52.4 cm³/mol. The molecule has 0 spiro atoms. The van der Waals surface area contributed by atoms with E-state index in [9.17, 15) is 9.59 Å². The molecule has 2 N–H and O–H groups in total. The first kappa shape index (κ1) is 12.0. The lowest BCUT2D eigenvalue weighted by Gasteiger charge is -2.12. The Morgan fingerprint density at radius 3 is 2.62 bits per heavy atom. The molecule has 1 aromatic rings. The average molecular weight is 228 g/mol. The lowest BCUT2D eigenvalue weighted by Crippen LogP contribution is -2.23. The Morgan fingerprint density at radius 1 is 1.56 bits per heavy atom. The largest absolute Gasteiger partial charge is 0.481 e. The zero-order chi connectivity index (χ0) is 12.3. The molecule has 88 valence electrons. The number of carboxylic acid groups (broad SMARTS) is 2. The second-order valence-electron chi connectivity index (χ2n) is 3.22. The van der Waals surface area contributed by atoms with Crippen molar-refractivity contribution in [1.82, 2.24) is 9.78 Å². The molecular formula is C9H12N2O5. The molecule has 1 heterocycles. The van der Waals surface area contributed by atoms with Gasteiger partial charge >= 0.3 is 11.9 Å². The second kappa shape index (κ2) is 4.65. The Kier molecular flexibility index (Phi) is 3.49. The SMILES string of the molecule is COc1cc(C)nn1C(CC(=O)O)C(=O)O. The highest BCUT2D eigenvalue weighted by Gasteiger charge is 2.26. The zero-order valence-electron chi connectivity index (χ0n) is 8.88. The molecule has 0 aliphatic rings. The molecule has 0 aromatic carbocycles. The highest BCUT2D eigenvalue weighted by atomic mass is 16.5. The molecule has 0 aliphatic carbocycles. The smallest absolute Gasteiger partial charge is 0.329 e. The summed E-state index contributed by atoms with van der Waals surface area (Å²) >= 11 is 0. The van der Waals surface area contributed by atoms with Crippen LogP contribution in [0.1, 0.15) is 18.2 Å². The summed E-state index contributed by atoms with van der Waals surface area (Å²) < 4.78 is 5.98. The topological polar surface area (TPSA) is 102 Å². The molecule has 0 fully saturated rings. The first-order valence-corrected chi connectivity index (χ1v) is 4.50. The normalized spacial score (nSPS) is 12.1. The summed E-state index contributed by atoms with van der Waals surface area (Å²) in [6.45, 7) is 1.67. The van der Waals surface area contributed by atoms with Gasteiger partial charge in [-0.1, -0.05) is 0 Å². The summed E-state index contributed by atoms with van der Waals surface area (Å²) in [6, 6.07) is 0.277. The average Bonchev–Trinajstić information content (AvgIpc) is 2.55. The number of nitrogens with zero attached hydrogens (tertiary/aromatic N) is 2. The van der Waals surface area contributed by atoms with Crippen LogP contribution in [-0.4, -0.2) is 39.0 Å². The van der Waals surface area contributed by atoms with Crippen molar-refractivity contribution in [3.8, 4) is 5.88 Å². The Morgan fingerprint density at radius 2 is 2.19 bits per heavy atom. The highest BCUT2D eigenvalue weighted by Crippen LogP contribution is 2.21. The molecule has 1 unspecified atom stereocenters. The van der Waals surface area contributed by atoms with Crippen LogP contribution in [0.3, 0.4) is 0 Å². The van der Waals surface area contributed by atoms with Gasteiger partial charge in [0.25, 0.3) is 0 Å². The van der Waals surface area contributed by atoms with Crippen molar-refractivity contribution in [2.45, 2.75) is 19.4 Å². The van der Waals surface area contributed by atoms with E-state index in [1.807, 2.05) is 0 Å². The molecule has 1 aromatic heterocycles. The van der Waals surface area contributed by atoms with Crippen LogP contribution in [0.4, 0.5) is 0 Å². The van der Waals surface area contributed by atoms with E-state index < -0.39 is 24.4 Å². The fraction of sp³-hybridized carbons (Fsp3) is 0.444. The van der Waals surface area contributed by atoms with E-state index in [1.54, 1.807) is 6.92 Å². The molecule has 0 saturated carbocycles. The Balaban J connectivity index is 3.09. The van der Waals surface area contributed by atoms with Gasteiger partial charge in [0.05, 0.1) is 19.2 Å². The molecule has 0 amide bonds. The summed E-state index contributed by atoms with van der Waals surface area (Å²) in [5, 5.41) is 21.4. The summed E-state index contributed by atoms with van der Waals surface area (Å²) in [5.74, 6) is -2.24. The Hall–Kier alpha value is -2.05. The number of aromatic nitrogens is 2. The number of aliphatic carboxylic acids is 2. The van der Waals surface area contributed by atoms with Gasteiger partial charge in [-0.3, -0.25) is 4.79 Å². The number of rotatable bonds is 5. The fourth-order valence-corrected chi connectivity index (χ4v) is 1.31. The van der Waals surface area contributed by atoms with Crippen molar-refractivity contribution in [2.24, 2.45) is 0 Å². The van der Waals surface area contributed by atoms with E-state index in [4.69, 9.17) is 14.9 Å². The van der Waals surface area contributed by atoms with Gasteiger partial charge in [0, 0.05) is 6.07 Å². The van der Waals surface area contributed by atoms with Gasteiger partial charge in [-0.05, 0) is 6.92 Å². The van der Waals surface area contributed by atoms with Crippen LogP contribution in [0.15, 0.2) is 6.07 Å². The van der Waals surface area contributed by atoms with Crippen LogP contribution in [0.5, 0.6) is 5.88 Å². The summed E-state index contributed by atoms with van der Waals surface area (Å²) in [4.78, 5) is 21.5. The van der Waals surface area contributed by atoms with Crippen LogP contribution in [0.2, 0.25) is 0 Å². The summed E-state index contributed by atoms with van der Waals surface area (Å²) in [6.07, 6.45) is -0.549. The lowest BCUT2D eigenvalue weighted by molar-refractivity contribution is -0.147. The summed E-state index contributed by atoms with van der Waals surface area (Å²) in [7, 11) is 1.37. The van der Waals surface area contributed by atoms with Gasteiger partial charge in [0.15, 0.2) is 6.04 Å². The third-order valence-corrected chi connectivity index (χ3v) is 1.98. The van der Waals surface area contributed by atoms with Crippen molar-refractivity contribution in [3.63, 3.8) is 0 Å². The van der Waals surface area contributed by atoms with E-state index in [-0.39, 0.29) is 5.88 Å². The van der Waals surface area contributed by atoms with Gasteiger partial charge in [-0.15, -0.1) is 0 Å². The molecular weight excluding hydrogens is 216 g/mol. The maximum Gasteiger partial charge on any atom is 0.329 e. The fourth-order valence-electron chi connectivity index (χ4n) is 1.31. The number of methoxy groups -OCH3 is 1. The molecule has 0 aliphatic heterocycles. The van der Waals surface area contributed by atoms with E-state index in [0.29, 0.717) is 5.69 Å². The van der Waals surface area contributed by atoms with Gasteiger partial charge in [-0.2, -0.15) is 5.10 Å². The van der Waals surface area contributed by atoms with Crippen molar-refractivity contribution >= 4 is 11.9 Å². The van der Waals surface area contributed by atoms with E-state index in [1.165, 1.54) is 13.2 Å². The number of hydrogen-bond donors (Lipinski definition) is 2. The zero-order valence-corrected chi connectivity index (χ0v) is 8.88. The van der Waals surface area contributed by atoms with Gasteiger partial charge in [0.2, 0.25) is 5.88 Å². The number of ether oxygens (including phenoxy) is 1. The van der Waals surface area contributed by atoms with E-state index >= 15 is 0 Å². The van der Waals surface area contributed by atoms with Crippen LogP contribution in [0.25, 0.3) is 0 Å². The van der Waals surface area contributed by atoms with E-state index in [2.05, 4.69) is 5.10 Å². The maximum atomic E-state index is 10.9. The quantitative estimate of drug-likeness (QED) is 0.751. The highest BCUT2D eigenvalue weighted by molar-refractivity contribution is 5.79. The van der Waals surface area contributed by atoms with Crippen molar-refractivity contribution < 1.29 is 24.5 Å². The minimum Gasteiger partial charge on any atom is -0.481 e. The molecule has 0 bridgehead atoms. The third-order valence-electron chi connectivity index (χ3n) is 1.98. The van der Waals surface area contributed by atoms with Crippen LogP contribution < -0.4 is 4.74 Å². The monoisotopic (exact) mass is 228 g/mol. The minimum absolute atomic E-state index is 0.228. The number of carboxylic acids is 2. The summed E-state index contributed by atoms with van der Waals surface area (Å²) in [5.41, 5.74) is 0.563. The van der Waals surface area contributed by atoms with Crippen molar-refractivity contribution in [1.29, 1.82) is 0 Å². The molecule has 7 nitrogen and oxygen atoms in total. The first-order valence-electron chi connectivity index (χ1n) is 4.50. The predicted octanol–water partition coefficient (Wildman–Crippen LogP) is 0.301. The van der Waals surface area contributed by atoms with Crippen molar-refractivity contribution in [2.75, 3.05) is 7.11 Å². The van der Waals surface area contributed by atoms with Crippen LogP contribution in [-0.2, 0) is 9.59 Å². The Labute approximate surface area is 91.3 Å². The molecule has 16 heavy (non-hydrogen) atoms. The second-order valence-corrected chi connectivity index (χ2v) is 3.22. The van der Waals surface area contributed by atoms with E-state index in [0.717, 1.165) is 4.68 Å². The number of carbonyl (C=O) groups is 2. The third kappa shape index (κ3) is 2.50. The van der Waals surface area contributed by atoms with Gasteiger partial charge < -0.3 is 14.9 Å². The van der Waals surface area contributed by atoms with Gasteiger partial charge in [-0.25, -0.2) is 9.48 Å². The Bertz CT molecular complexity index is 412. The number of hydrogen-bond acceptors (Lipinski definition) is 4. The molecule has 0 radical (unpaired) electrons. The molecule has 0 saturated heterocycles. The molecule has 1 rings (SSSR count). The lowest BCUT2D eigenvalue weighted by atomic mass is 10.2. The number of aryl methyl sites for hydroxylation is 1. The standard InChI is InChI=1S/C9H12N2O5/c1-5-3-7(16-2)11(10-5)6(9(14)15)4-8(12)13/h3,6H,4H2,1-2H3,(H,12,13)(H,14,15). The molecule has 1 atom stereocenters. The van der Waals surface area contributed by atoms with Crippen LogP contribution in [0, 0.1) is 6.92 Å². The van der Waals surface area contributed by atoms with Crippen LogP contribution >= 0.6 is 0 Å².